The summed E-state index contributed by atoms with van der Waals surface area (Å²) in [4.78, 5) is 49.8. The minimum absolute atomic E-state index is 0.123. The average molecular weight is 415 g/mol. The quantitative estimate of drug-likeness (QED) is 0.486. The molecule has 1 amide bonds. The Morgan fingerprint density at radius 2 is 1.35 bits per heavy atom. The number of carbonyl (C=O) groups excluding carboxylic acids is 4. The summed E-state index contributed by atoms with van der Waals surface area (Å²) < 4.78 is 10.2. The fourth-order valence-corrected chi connectivity index (χ4v) is 3.28. The van der Waals surface area contributed by atoms with Crippen molar-refractivity contribution in [1.29, 1.82) is 0 Å². The Balaban J connectivity index is 1.41. The van der Waals surface area contributed by atoms with Gasteiger partial charge in [0.05, 0.1) is 11.3 Å². The van der Waals surface area contributed by atoms with E-state index in [2.05, 4.69) is 5.32 Å². The fourth-order valence-electron chi connectivity index (χ4n) is 3.28. The first kappa shape index (κ1) is 20.0. The molecule has 4 rings (SSSR count). The molecule has 1 aliphatic carbocycles. The smallest absolute Gasteiger partial charge is 0.344 e. The van der Waals surface area contributed by atoms with Crippen LogP contribution in [-0.2, 0) is 14.3 Å². The number of benzene rings is 3. The van der Waals surface area contributed by atoms with Crippen molar-refractivity contribution in [3.63, 3.8) is 0 Å². The van der Waals surface area contributed by atoms with Gasteiger partial charge in [0, 0.05) is 16.7 Å². The van der Waals surface area contributed by atoms with E-state index >= 15 is 0 Å². The second kappa shape index (κ2) is 8.62. The Bertz CT molecular complexity index is 1190. The van der Waals surface area contributed by atoms with Crippen LogP contribution in [0.2, 0.25) is 0 Å². The van der Waals surface area contributed by atoms with Gasteiger partial charge in [-0.15, -0.1) is 0 Å². The number of esters is 1. The molecule has 0 bridgehead atoms. The highest BCUT2D eigenvalue weighted by Crippen LogP contribution is 2.31. The van der Waals surface area contributed by atoms with Crippen LogP contribution in [0.1, 0.15) is 31.8 Å². The number of ketones is 2. The Morgan fingerprint density at radius 1 is 0.710 bits per heavy atom. The highest BCUT2D eigenvalue weighted by molar-refractivity contribution is 6.30. The monoisotopic (exact) mass is 415 g/mol. The molecule has 31 heavy (non-hydrogen) atoms. The number of hydrogen-bond donors (Lipinski definition) is 1. The van der Waals surface area contributed by atoms with Crippen molar-refractivity contribution in [3.05, 3.63) is 95.1 Å². The summed E-state index contributed by atoms with van der Waals surface area (Å²) in [6, 6.07) is 19.9. The first-order valence-corrected chi connectivity index (χ1v) is 9.49. The molecule has 0 heterocycles. The molecule has 0 aliphatic heterocycles. The molecule has 0 fully saturated rings. The Labute approximate surface area is 177 Å². The third-order valence-electron chi connectivity index (χ3n) is 4.69. The van der Waals surface area contributed by atoms with Crippen molar-refractivity contribution < 1.29 is 28.7 Å². The lowest BCUT2D eigenvalue weighted by atomic mass is 9.83. The molecule has 1 aliphatic rings. The molecular formula is C24H17NO6. The van der Waals surface area contributed by atoms with Gasteiger partial charge >= 0.3 is 5.97 Å². The number of fused-ring (bicyclic) bond motifs is 2. The van der Waals surface area contributed by atoms with Crippen molar-refractivity contribution in [2.24, 2.45) is 0 Å². The van der Waals surface area contributed by atoms with E-state index in [1.165, 1.54) is 6.07 Å². The summed E-state index contributed by atoms with van der Waals surface area (Å²) in [6.07, 6.45) is 0. The van der Waals surface area contributed by atoms with E-state index < -0.39 is 18.5 Å². The molecule has 3 aromatic rings. The molecule has 0 saturated heterocycles. The number of rotatable bonds is 6. The van der Waals surface area contributed by atoms with E-state index in [-0.39, 0.29) is 40.6 Å². The van der Waals surface area contributed by atoms with Crippen molar-refractivity contribution in [3.8, 4) is 5.75 Å². The SMILES string of the molecule is O=C(COC(=O)COc1ccccc1)Nc1cccc2c1C(=O)c1ccccc1C2=O. The molecule has 0 atom stereocenters. The van der Waals surface area contributed by atoms with Crippen LogP contribution in [0.15, 0.2) is 72.8 Å². The number of amides is 1. The van der Waals surface area contributed by atoms with E-state index in [0.29, 0.717) is 11.3 Å². The zero-order chi connectivity index (χ0) is 21.8. The third kappa shape index (κ3) is 4.20. The van der Waals surface area contributed by atoms with Crippen molar-refractivity contribution in [1.82, 2.24) is 0 Å². The van der Waals surface area contributed by atoms with Crippen molar-refractivity contribution >= 4 is 29.1 Å². The van der Waals surface area contributed by atoms with Gasteiger partial charge in [-0.3, -0.25) is 14.4 Å². The molecule has 0 radical (unpaired) electrons. The number of anilines is 1. The van der Waals surface area contributed by atoms with E-state index in [9.17, 15) is 19.2 Å². The molecule has 0 spiro atoms. The van der Waals surface area contributed by atoms with Gasteiger partial charge in [0.15, 0.2) is 24.8 Å². The summed E-state index contributed by atoms with van der Waals surface area (Å²) in [5.74, 6) is -1.49. The van der Waals surface area contributed by atoms with Crippen LogP contribution in [-0.4, -0.2) is 36.7 Å². The van der Waals surface area contributed by atoms with Gasteiger partial charge in [-0.05, 0) is 18.2 Å². The molecule has 154 valence electrons. The zero-order valence-corrected chi connectivity index (χ0v) is 16.3. The van der Waals surface area contributed by atoms with Gasteiger partial charge < -0.3 is 14.8 Å². The maximum atomic E-state index is 12.9. The molecule has 1 N–H and O–H groups in total. The third-order valence-corrected chi connectivity index (χ3v) is 4.69. The average Bonchev–Trinajstić information content (AvgIpc) is 2.80. The predicted octanol–water partition coefficient (Wildman–Crippen LogP) is 3.02. The standard InChI is InChI=1S/C24H17NO6/c26-20(13-31-21(27)14-30-15-7-2-1-3-8-15)25-19-12-6-11-18-22(19)24(29)17-10-5-4-9-16(17)23(18)28/h1-12H,13-14H2,(H,25,26). The van der Waals surface area contributed by atoms with Crippen LogP contribution < -0.4 is 10.1 Å². The maximum absolute atomic E-state index is 12.9. The minimum atomic E-state index is -0.714. The molecule has 3 aromatic carbocycles. The van der Waals surface area contributed by atoms with E-state index in [1.54, 1.807) is 60.7 Å². The molecular weight excluding hydrogens is 398 g/mol. The normalized spacial score (nSPS) is 11.9. The summed E-state index contributed by atoms with van der Waals surface area (Å²) in [6.45, 7) is -0.902. The predicted molar refractivity (Wildman–Crippen MR) is 111 cm³/mol. The topological polar surface area (TPSA) is 98.8 Å². The first-order valence-electron chi connectivity index (χ1n) is 9.49. The maximum Gasteiger partial charge on any atom is 0.344 e. The van der Waals surface area contributed by atoms with Gasteiger partial charge in [0.25, 0.3) is 5.91 Å². The Kier molecular flexibility index (Phi) is 5.57. The molecule has 7 heteroatoms. The van der Waals surface area contributed by atoms with Gasteiger partial charge in [-0.2, -0.15) is 0 Å². The van der Waals surface area contributed by atoms with Crippen LogP contribution in [0.3, 0.4) is 0 Å². The fraction of sp³-hybridized carbons (Fsp3) is 0.0833. The number of nitrogens with one attached hydrogen (secondary N) is 1. The highest BCUT2D eigenvalue weighted by Gasteiger charge is 2.31. The van der Waals surface area contributed by atoms with Crippen LogP contribution in [0.5, 0.6) is 5.75 Å². The van der Waals surface area contributed by atoms with Gasteiger partial charge in [0.2, 0.25) is 0 Å². The summed E-state index contributed by atoms with van der Waals surface area (Å²) >= 11 is 0. The van der Waals surface area contributed by atoms with Gasteiger partial charge in [-0.25, -0.2) is 4.79 Å². The van der Waals surface area contributed by atoms with E-state index in [4.69, 9.17) is 9.47 Å². The summed E-state index contributed by atoms with van der Waals surface area (Å²) in [7, 11) is 0. The second-order valence-corrected chi connectivity index (χ2v) is 6.74. The van der Waals surface area contributed by atoms with Crippen LogP contribution >= 0.6 is 0 Å². The Hall–Kier alpha value is -4.26. The lowest BCUT2D eigenvalue weighted by molar-refractivity contribution is -0.149. The number of ether oxygens (including phenoxy) is 2. The highest BCUT2D eigenvalue weighted by atomic mass is 16.6. The number of hydrogen-bond acceptors (Lipinski definition) is 6. The Morgan fingerprint density at radius 3 is 2.10 bits per heavy atom. The summed E-state index contributed by atoms with van der Waals surface area (Å²) in [5, 5.41) is 2.55. The largest absolute Gasteiger partial charge is 0.482 e. The van der Waals surface area contributed by atoms with Crippen molar-refractivity contribution in [2.75, 3.05) is 18.5 Å². The van der Waals surface area contributed by atoms with Crippen LogP contribution in [0, 0.1) is 0 Å². The van der Waals surface area contributed by atoms with E-state index in [0.717, 1.165) is 0 Å². The first-order chi connectivity index (χ1) is 15.0. The number of para-hydroxylation sites is 1. The van der Waals surface area contributed by atoms with Crippen LogP contribution in [0.4, 0.5) is 5.69 Å². The van der Waals surface area contributed by atoms with Gasteiger partial charge in [0.1, 0.15) is 5.75 Å². The minimum Gasteiger partial charge on any atom is -0.482 e. The second-order valence-electron chi connectivity index (χ2n) is 6.74. The van der Waals surface area contributed by atoms with Crippen molar-refractivity contribution in [2.45, 2.75) is 0 Å². The lowest BCUT2D eigenvalue weighted by Gasteiger charge is -2.20. The van der Waals surface area contributed by atoms with Crippen LogP contribution in [0.25, 0.3) is 0 Å². The number of carbonyl (C=O) groups is 4. The molecule has 7 nitrogen and oxygen atoms in total. The molecule has 0 saturated carbocycles. The lowest BCUT2D eigenvalue weighted by Crippen LogP contribution is -2.26. The zero-order valence-electron chi connectivity index (χ0n) is 16.3. The van der Waals surface area contributed by atoms with E-state index in [1.807, 2.05) is 6.07 Å². The molecule has 0 aromatic heterocycles. The molecule has 0 unspecified atom stereocenters. The van der Waals surface area contributed by atoms with Gasteiger partial charge in [-0.1, -0.05) is 54.6 Å². The summed E-state index contributed by atoms with van der Waals surface area (Å²) in [5.41, 5.74) is 1.14.